The summed E-state index contributed by atoms with van der Waals surface area (Å²) in [7, 11) is 0. The number of hydrogen-bond donors (Lipinski definition) is 1. The van der Waals surface area contributed by atoms with Gasteiger partial charge in [0.25, 0.3) is 0 Å². The third-order valence-corrected chi connectivity index (χ3v) is 1.25. The van der Waals surface area contributed by atoms with Gasteiger partial charge in [0.05, 0.1) is 0 Å². The van der Waals surface area contributed by atoms with Crippen molar-refractivity contribution in [2.75, 3.05) is 6.54 Å². The van der Waals surface area contributed by atoms with Gasteiger partial charge in [-0.25, -0.2) is 4.39 Å². The molecule has 0 aromatic heterocycles. The predicted octanol–water partition coefficient (Wildman–Crippen LogP) is 1.26. The first-order chi connectivity index (χ1) is 4.39. The van der Waals surface area contributed by atoms with Gasteiger partial charge in [-0.1, -0.05) is 13.8 Å². The summed E-state index contributed by atoms with van der Waals surface area (Å²) in [6.45, 7) is 4.86. The first kappa shape index (κ1) is 12.5. The molecule has 0 aliphatic carbocycles. The van der Waals surface area contributed by atoms with Crippen LogP contribution >= 0.6 is 0 Å². The van der Waals surface area contributed by atoms with E-state index in [0.29, 0.717) is 6.42 Å². The van der Waals surface area contributed by atoms with Crippen LogP contribution in [0.2, 0.25) is 0 Å². The molecular formula is C7H18FNO. The van der Waals surface area contributed by atoms with Crippen molar-refractivity contribution in [3.63, 3.8) is 0 Å². The van der Waals surface area contributed by atoms with Crippen LogP contribution in [0.15, 0.2) is 0 Å². The molecule has 2 nitrogen and oxygen atoms in total. The molecule has 0 bridgehead atoms. The summed E-state index contributed by atoms with van der Waals surface area (Å²) in [5, 5.41) is 2.72. The van der Waals surface area contributed by atoms with Gasteiger partial charge in [-0.3, -0.25) is 5.32 Å². The van der Waals surface area contributed by atoms with Crippen molar-refractivity contribution in [1.82, 2.24) is 5.32 Å². The zero-order chi connectivity index (χ0) is 7.11. The highest BCUT2D eigenvalue weighted by Crippen LogP contribution is 2.06. The van der Waals surface area contributed by atoms with Crippen LogP contribution in [0.5, 0.6) is 0 Å². The molecule has 1 fully saturated rings. The Morgan fingerprint density at radius 2 is 1.90 bits per heavy atom. The Balaban J connectivity index is 0. The summed E-state index contributed by atoms with van der Waals surface area (Å²) in [5.41, 5.74) is 0. The highest BCUT2D eigenvalue weighted by molar-refractivity contribution is 4.60. The lowest BCUT2D eigenvalue weighted by Crippen LogP contribution is -2.29. The summed E-state index contributed by atoms with van der Waals surface area (Å²) >= 11 is 0. The molecule has 1 saturated heterocycles. The highest BCUT2D eigenvalue weighted by atomic mass is 19.1. The minimum Gasteiger partial charge on any atom is -0.412 e. The van der Waals surface area contributed by atoms with E-state index in [4.69, 9.17) is 0 Å². The Morgan fingerprint density at radius 1 is 1.30 bits per heavy atom. The minimum absolute atomic E-state index is 0. The molecule has 1 rings (SSSR count). The lowest BCUT2D eigenvalue weighted by molar-refractivity contribution is 0.223. The summed E-state index contributed by atoms with van der Waals surface area (Å²) < 4.78 is 12.1. The number of piperidine rings is 1. The maximum atomic E-state index is 12.1. The summed E-state index contributed by atoms with van der Waals surface area (Å²) in [5.74, 6) is 0. The topological polar surface area (TPSA) is 43.5 Å². The Morgan fingerprint density at radius 3 is 2.10 bits per heavy atom. The molecule has 3 N–H and O–H groups in total. The third-order valence-electron chi connectivity index (χ3n) is 1.25. The van der Waals surface area contributed by atoms with Gasteiger partial charge < -0.3 is 5.48 Å². The largest absolute Gasteiger partial charge is 0.412 e. The molecule has 10 heavy (non-hydrogen) atoms. The Bertz CT molecular complexity index is 55.6. The molecule has 1 aliphatic rings. The summed E-state index contributed by atoms with van der Waals surface area (Å²) in [6, 6.07) is 0. The van der Waals surface area contributed by atoms with Crippen LogP contribution in [0, 0.1) is 0 Å². The fourth-order valence-electron chi connectivity index (χ4n) is 0.809. The minimum atomic E-state index is -0.714. The van der Waals surface area contributed by atoms with Gasteiger partial charge in [0.2, 0.25) is 0 Å². The van der Waals surface area contributed by atoms with Gasteiger partial charge in [-0.2, -0.15) is 0 Å². The second-order valence-electron chi connectivity index (χ2n) is 1.92. The van der Waals surface area contributed by atoms with E-state index in [1.165, 1.54) is 0 Å². The van der Waals surface area contributed by atoms with Gasteiger partial charge in [-0.05, 0) is 25.8 Å². The Labute approximate surface area is 62.1 Å². The van der Waals surface area contributed by atoms with Crippen LogP contribution in [0.25, 0.3) is 0 Å². The second kappa shape index (κ2) is 8.85. The molecule has 64 valence electrons. The second-order valence-corrected chi connectivity index (χ2v) is 1.92. The van der Waals surface area contributed by atoms with Crippen LogP contribution in [0.1, 0.15) is 33.1 Å². The lowest BCUT2D eigenvalue weighted by atomic mass is 10.2. The maximum Gasteiger partial charge on any atom is 0.151 e. The standard InChI is InChI=1S/C5H10FN.C2H6.H2O/c6-5-3-1-2-4-7-5;1-2;/h5,7H,1-4H2;1-2H3;1H2. The SMILES string of the molecule is CC.FC1CCCCN1.O. The molecule has 0 aromatic rings. The molecule has 0 aromatic carbocycles. The van der Waals surface area contributed by atoms with Gasteiger partial charge in [0.15, 0.2) is 6.30 Å². The molecule has 1 aliphatic heterocycles. The average molecular weight is 151 g/mol. The van der Waals surface area contributed by atoms with Crippen molar-refractivity contribution in [3.05, 3.63) is 0 Å². The van der Waals surface area contributed by atoms with E-state index in [1.807, 2.05) is 13.8 Å². The van der Waals surface area contributed by atoms with E-state index >= 15 is 0 Å². The normalized spacial score (nSPS) is 23.7. The fraction of sp³-hybridized carbons (Fsp3) is 1.00. The molecule has 0 saturated carbocycles. The van der Waals surface area contributed by atoms with Crippen molar-refractivity contribution >= 4 is 0 Å². The van der Waals surface area contributed by atoms with Gasteiger partial charge >= 0.3 is 0 Å². The zero-order valence-electron chi connectivity index (χ0n) is 6.78. The molecule has 1 atom stereocenters. The van der Waals surface area contributed by atoms with E-state index < -0.39 is 6.30 Å². The van der Waals surface area contributed by atoms with Gasteiger partial charge in [0, 0.05) is 0 Å². The van der Waals surface area contributed by atoms with Crippen LogP contribution in [0.3, 0.4) is 0 Å². The number of rotatable bonds is 0. The van der Waals surface area contributed by atoms with Crippen molar-refractivity contribution < 1.29 is 9.87 Å². The van der Waals surface area contributed by atoms with Crippen LogP contribution < -0.4 is 5.32 Å². The first-order valence-electron chi connectivity index (χ1n) is 3.77. The number of alkyl halides is 1. The molecule has 3 heteroatoms. The number of halogens is 1. The fourth-order valence-corrected chi connectivity index (χ4v) is 0.809. The molecule has 0 spiro atoms. The number of nitrogens with one attached hydrogen (secondary N) is 1. The molecule has 1 heterocycles. The Hall–Kier alpha value is -0.150. The summed E-state index contributed by atoms with van der Waals surface area (Å²) in [6.07, 6.45) is 2.18. The van der Waals surface area contributed by atoms with Gasteiger partial charge in [0.1, 0.15) is 0 Å². The van der Waals surface area contributed by atoms with E-state index in [1.54, 1.807) is 0 Å². The predicted molar refractivity (Wildman–Crippen MR) is 41.7 cm³/mol. The highest BCUT2D eigenvalue weighted by Gasteiger charge is 2.08. The average Bonchev–Trinajstić information content (AvgIpc) is 1.94. The van der Waals surface area contributed by atoms with E-state index in [-0.39, 0.29) is 5.48 Å². The monoisotopic (exact) mass is 151 g/mol. The first-order valence-corrected chi connectivity index (χ1v) is 3.77. The van der Waals surface area contributed by atoms with Crippen molar-refractivity contribution in [2.24, 2.45) is 0 Å². The van der Waals surface area contributed by atoms with Crippen LogP contribution in [-0.2, 0) is 0 Å². The van der Waals surface area contributed by atoms with Gasteiger partial charge in [-0.15, -0.1) is 0 Å². The van der Waals surface area contributed by atoms with Crippen LogP contribution in [0.4, 0.5) is 4.39 Å². The van der Waals surface area contributed by atoms with E-state index in [9.17, 15) is 4.39 Å². The van der Waals surface area contributed by atoms with Crippen molar-refractivity contribution in [2.45, 2.75) is 39.4 Å². The maximum absolute atomic E-state index is 12.1. The Kier molecular flexibility index (Phi) is 11.1. The molecule has 0 radical (unpaired) electrons. The quantitative estimate of drug-likeness (QED) is 0.520. The summed E-state index contributed by atoms with van der Waals surface area (Å²) in [4.78, 5) is 0. The van der Waals surface area contributed by atoms with Crippen molar-refractivity contribution in [3.8, 4) is 0 Å². The molecule has 0 amide bonds. The van der Waals surface area contributed by atoms with E-state index in [0.717, 1.165) is 19.4 Å². The third kappa shape index (κ3) is 5.98. The molecule has 1 unspecified atom stereocenters. The smallest absolute Gasteiger partial charge is 0.151 e. The zero-order valence-corrected chi connectivity index (χ0v) is 6.78. The lowest BCUT2D eigenvalue weighted by Gasteiger charge is -2.14. The molecular weight excluding hydrogens is 133 g/mol. The van der Waals surface area contributed by atoms with E-state index in [2.05, 4.69) is 5.32 Å². The number of hydrogen-bond acceptors (Lipinski definition) is 1. The van der Waals surface area contributed by atoms with Crippen molar-refractivity contribution in [1.29, 1.82) is 0 Å². The van der Waals surface area contributed by atoms with Crippen LogP contribution in [-0.4, -0.2) is 18.3 Å².